The lowest BCUT2D eigenvalue weighted by molar-refractivity contribution is -0.487. The van der Waals surface area contributed by atoms with Crippen molar-refractivity contribution in [3.63, 3.8) is 0 Å². The third-order valence-corrected chi connectivity index (χ3v) is 6.90. The summed E-state index contributed by atoms with van der Waals surface area (Å²) in [6, 6.07) is 7.48. The van der Waals surface area contributed by atoms with E-state index in [9.17, 15) is 5.21 Å². The van der Waals surface area contributed by atoms with E-state index >= 15 is 0 Å². The van der Waals surface area contributed by atoms with Crippen molar-refractivity contribution in [2.75, 3.05) is 18.0 Å². The molecule has 0 saturated carbocycles. The number of anilines is 1. The second-order valence-electron chi connectivity index (χ2n) is 8.62. The first kappa shape index (κ1) is 23.2. The fourth-order valence-corrected chi connectivity index (χ4v) is 4.68. The van der Waals surface area contributed by atoms with Crippen LogP contribution in [0.3, 0.4) is 0 Å². The summed E-state index contributed by atoms with van der Waals surface area (Å²) in [6.45, 7) is 8.18. The Labute approximate surface area is 199 Å². The minimum absolute atomic E-state index is 0.0762. The van der Waals surface area contributed by atoms with Crippen LogP contribution in [0.5, 0.6) is 5.75 Å². The molecule has 0 unspecified atom stereocenters. The van der Waals surface area contributed by atoms with Crippen LogP contribution < -0.4 is 9.64 Å². The topological polar surface area (TPSA) is 77.2 Å². The van der Waals surface area contributed by atoms with Crippen LogP contribution >= 0.6 is 11.3 Å². The maximum Gasteiger partial charge on any atom is 0.225 e. The molecule has 174 valence electrons. The van der Waals surface area contributed by atoms with Gasteiger partial charge in [0.1, 0.15) is 12.4 Å². The Morgan fingerprint density at radius 3 is 2.52 bits per heavy atom. The van der Waals surface area contributed by atoms with Crippen LogP contribution in [-0.4, -0.2) is 45.0 Å². The first-order valence-electron chi connectivity index (χ1n) is 11.5. The van der Waals surface area contributed by atoms with E-state index in [2.05, 4.69) is 27.2 Å². The first-order valence-corrected chi connectivity index (χ1v) is 12.4. The van der Waals surface area contributed by atoms with Gasteiger partial charge in [0.15, 0.2) is 12.3 Å². The summed E-state index contributed by atoms with van der Waals surface area (Å²) >= 11 is 1.72. The fourth-order valence-electron chi connectivity index (χ4n) is 3.70. The Kier molecular flexibility index (Phi) is 7.54. The molecule has 1 fully saturated rings. The molecule has 0 amide bonds. The van der Waals surface area contributed by atoms with E-state index < -0.39 is 0 Å². The van der Waals surface area contributed by atoms with E-state index in [0.29, 0.717) is 12.5 Å². The average Bonchev–Trinajstić information content (AvgIpc) is 3.33. The summed E-state index contributed by atoms with van der Waals surface area (Å²) in [6.07, 6.45) is 8.52. The molecule has 1 aromatic carbocycles. The molecule has 1 aliphatic heterocycles. The monoisotopic (exact) mass is 465 g/mol. The first-order chi connectivity index (χ1) is 16.0. The van der Waals surface area contributed by atoms with Crippen molar-refractivity contribution in [1.82, 2.24) is 15.0 Å². The van der Waals surface area contributed by atoms with Gasteiger partial charge in [0.25, 0.3) is 0 Å². The van der Waals surface area contributed by atoms with Gasteiger partial charge in [0, 0.05) is 42.3 Å². The highest BCUT2D eigenvalue weighted by molar-refractivity contribution is 7.09. The number of nitrogens with zero attached hydrogens (tertiary/aromatic N) is 5. The van der Waals surface area contributed by atoms with E-state index in [4.69, 9.17) is 9.72 Å². The van der Waals surface area contributed by atoms with Gasteiger partial charge in [0.2, 0.25) is 5.95 Å². The number of aryl methyl sites for hydroxylation is 1. The highest BCUT2D eigenvalue weighted by Crippen LogP contribution is 2.31. The molecule has 3 heterocycles. The van der Waals surface area contributed by atoms with Crippen molar-refractivity contribution < 1.29 is 9.48 Å². The van der Waals surface area contributed by atoms with Crippen molar-refractivity contribution in [3.05, 3.63) is 69.1 Å². The molecule has 2 aromatic heterocycles. The summed E-state index contributed by atoms with van der Waals surface area (Å²) in [5.41, 5.74) is 2.98. The fraction of sp³-hybridized carbons (Fsp3) is 0.440. The Balaban J connectivity index is 1.27. The molecule has 0 atom stereocenters. The predicted octanol–water partition coefficient (Wildman–Crippen LogP) is 4.80. The number of piperidine rings is 1. The van der Waals surface area contributed by atoms with Gasteiger partial charge in [0.05, 0.1) is 10.7 Å². The van der Waals surface area contributed by atoms with E-state index in [1.165, 1.54) is 10.6 Å². The molecule has 8 heteroatoms. The van der Waals surface area contributed by atoms with E-state index in [0.717, 1.165) is 60.0 Å². The Morgan fingerprint density at radius 1 is 1.18 bits per heavy atom. The van der Waals surface area contributed by atoms with Gasteiger partial charge >= 0.3 is 0 Å². The smallest absolute Gasteiger partial charge is 0.225 e. The van der Waals surface area contributed by atoms with E-state index in [1.807, 2.05) is 50.5 Å². The van der Waals surface area contributed by atoms with E-state index in [1.54, 1.807) is 17.6 Å². The minimum atomic E-state index is -0.0762. The maximum absolute atomic E-state index is 11.8. The molecule has 4 rings (SSSR count). The Bertz CT molecular complexity index is 1060. The van der Waals surface area contributed by atoms with Crippen LogP contribution in [0, 0.1) is 5.21 Å². The van der Waals surface area contributed by atoms with Crippen LogP contribution in [0.4, 0.5) is 5.95 Å². The van der Waals surface area contributed by atoms with Gasteiger partial charge in [-0.2, -0.15) is 0 Å². The zero-order valence-corrected chi connectivity index (χ0v) is 20.3. The third-order valence-electron chi connectivity index (χ3n) is 5.85. The number of aromatic nitrogens is 3. The van der Waals surface area contributed by atoms with Crippen LogP contribution in [-0.2, 0) is 13.0 Å². The summed E-state index contributed by atoms with van der Waals surface area (Å²) in [5.74, 6) is 2.07. The zero-order valence-electron chi connectivity index (χ0n) is 19.5. The van der Waals surface area contributed by atoms with Crippen LogP contribution in [0.25, 0.3) is 0 Å². The van der Waals surface area contributed by atoms with Crippen molar-refractivity contribution in [3.8, 4) is 5.75 Å². The molecule has 0 radical (unpaired) electrons. The number of ether oxygens (including phenoxy) is 1. The number of hydroxylamine groups is 1. The molecule has 7 nitrogen and oxygen atoms in total. The number of thiazole rings is 1. The van der Waals surface area contributed by atoms with Crippen molar-refractivity contribution in [2.45, 2.75) is 58.6 Å². The molecular weight excluding hydrogens is 434 g/mol. The molecule has 0 spiro atoms. The lowest BCUT2D eigenvalue weighted by atomic mass is 9.98. The Morgan fingerprint density at radius 2 is 1.88 bits per heavy atom. The summed E-state index contributed by atoms with van der Waals surface area (Å²) in [5, 5.41) is 15.0. The summed E-state index contributed by atoms with van der Waals surface area (Å²) in [4.78, 5) is 16.1. The highest BCUT2D eigenvalue weighted by Gasteiger charge is 2.24. The van der Waals surface area contributed by atoms with Crippen molar-refractivity contribution in [2.24, 2.45) is 0 Å². The van der Waals surface area contributed by atoms with E-state index in [-0.39, 0.29) is 6.04 Å². The lowest BCUT2D eigenvalue weighted by Crippen LogP contribution is -2.34. The van der Waals surface area contributed by atoms with Crippen molar-refractivity contribution >= 4 is 23.5 Å². The lowest BCUT2D eigenvalue weighted by Gasteiger charge is -2.31. The predicted molar refractivity (Wildman–Crippen MR) is 132 cm³/mol. The zero-order chi connectivity index (χ0) is 23.2. The SMILES string of the molecule is CCc1cnc(N2CCC(c3nc(COc4ccc(/C=[N+](\[O-])C(C)C)cc4)cs3)CC2)nc1. The second kappa shape index (κ2) is 10.7. The quantitative estimate of drug-likeness (QED) is 0.206. The van der Waals surface area contributed by atoms with Gasteiger partial charge in [-0.15, -0.1) is 11.3 Å². The van der Waals surface area contributed by atoms with Crippen LogP contribution in [0.15, 0.2) is 42.0 Å². The number of hydrogen-bond acceptors (Lipinski definition) is 7. The second-order valence-corrected chi connectivity index (χ2v) is 9.51. The van der Waals surface area contributed by atoms with Crippen LogP contribution in [0.2, 0.25) is 0 Å². The van der Waals surface area contributed by atoms with Gasteiger partial charge in [-0.25, -0.2) is 19.7 Å². The molecular formula is C25H31N5O2S. The average molecular weight is 466 g/mol. The molecule has 0 N–H and O–H groups in total. The molecule has 1 saturated heterocycles. The molecule has 0 bridgehead atoms. The molecule has 1 aliphatic rings. The Hall–Kier alpha value is -3.00. The van der Waals surface area contributed by atoms with Gasteiger partial charge < -0.3 is 14.8 Å². The summed E-state index contributed by atoms with van der Waals surface area (Å²) in [7, 11) is 0. The molecule has 33 heavy (non-hydrogen) atoms. The maximum atomic E-state index is 11.8. The largest absolute Gasteiger partial charge is 0.624 e. The van der Waals surface area contributed by atoms with Crippen molar-refractivity contribution in [1.29, 1.82) is 0 Å². The van der Waals surface area contributed by atoms with Gasteiger partial charge in [-0.3, -0.25) is 0 Å². The third kappa shape index (κ3) is 6.07. The summed E-state index contributed by atoms with van der Waals surface area (Å²) < 4.78 is 6.86. The minimum Gasteiger partial charge on any atom is -0.624 e. The number of rotatable bonds is 8. The standard InChI is InChI=1S/C25H31N5O2S/c1-4-19-13-26-25(27-14-19)29-11-9-21(10-12-29)24-28-22(17-33-24)16-32-23-7-5-20(6-8-23)15-30(31)18(2)3/h5-8,13-15,17-18,21H,4,9-12,16H2,1-3H3/b30-15-. The highest BCUT2D eigenvalue weighted by atomic mass is 32.1. The molecule has 0 aliphatic carbocycles. The number of benzene rings is 1. The number of hydrogen-bond donors (Lipinski definition) is 0. The molecule has 3 aromatic rings. The normalized spacial score (nSPS) is 15.3. The van der Waals surface area contributed by atoms with Gasteiger partial charge in [-0.1, -0.05) is 6.92 Å². The van der Waals surface area contributed by atoms with Gasteiger partial charge in [-0.05, 0) is 62.9 Å². The van der Waals surface area contributed by atoms with Crippen LogP contribution in [0.1, 0.15) is 61.4 Å².